The lowest BCUT2D eigenvalue weighted by Crippen LogP contribution is -2.25. The Morgan fingerprint density at radius 3 is 2.45 bits per heavy atom. The molecule has 1 aromatic rings. The van der Waals surface area contributed by atoms with Gasteiger partial charge in [0.05, 0.1) is 5.01 Å². The summed E-state index contributed by atoms with van der Waals surface area (Å²) < 4.78 is 43.6. The molecule has 0 amide bonds. The fourth-order valence-corrected chi connectivity index (χ4v) is 2.21. The average molecular weight is 308 g/mol. The molecular formula is C12H15F3N2O2S. The van der Waals surface area contributed by atoms with Crippen LogP contribution in [0.3, 0.4) is 0 Å². The number of carbonyl (C=O) groups is 1. The standard InChI is InChI=1S/C12H15F3N2O2S/c1-11(2,3)19-10(18)8-9(12(13,14)15)17-7(20-8)5-4-6-16/h4,6H,5,16H2,1-3H3. The Bertz CT molecular complexity index is 516. The molecule has 0 bridgehead atoms. The number of nitrogens with zero attached hydrogens (tertiary/aromatic N) is 1. The van der Waals surface area contributed by atoms with Crippen molar-refractivity contribution in [2.24, 2.45) is 5.73 Å². The molecule has 112 valence electrons. The summed E-state index contributed by atoms with van der Waals surface area (Å²) in [5, 5.41) is 0.153. The van der Waals surface area contributed by atoms with Crippen LogP contribution in [0.4, 0.5) is 13.2 Å². The molecule has 0 saturated carbocycles. The van der Waals surface area contributed by atoms with E-state index in [2.05, 4.69) is 4.98 Å². The average Bonchev–Trinajstić information content (AvgIpc) is 2.67. The number of alkyl halides is 3. The Morgan fingerprint density at radius 2 is 2.00 bits per heavy atom. The highest BCUT2D eigenvalue weighted by Crippen LogP contribution is 2.35. The van der Waals surface area contributed by atoms with Crippen molar-refractivity contribution < 1.29 is 22.7 Å². The number of ether oxygens (including phenoxy) is 1. The van der Waals surface area contributed by atoms with Gasteiger partial charge in [0, 0.05) is 6.42 Å². The van der Waals surface area contributed by atoms with Gasteiger partial charge in [-0.05, 0) is 27.0 Å². The SMILES string of the molecule is CC(C)(C)OC(=O)c1sc(CC=CN)nc1C(F)(F)F. The second kappa shape index (κ2) is 5.82. The van der Waals surface area contributed by atoms with Crippen LogP contribution < -0.4 is 5.73 Å². The van der Waals surface area contributed by atoms with E-state index in [1.807, 2.05) is 0 Å². The Kier molecular flexibility index (Phi) is 4.80. The molecule has 0 aliphatic rings. The van der Waals surface area contributed by atoms with Crippen molar-refractivity contribution in [1.29, 1.82) is 0 Å². The van der Waals surface area contributed by atoms with E-state index < -0.39 is 28.3 Å². The zero-order valence-corrected chi connectivity index (χ0v) is 12.1. The highest BCUT2D eigenvalue weighted by Gasteiger charge is 2.40. The summed E-state index contributed by atoms with van der Waals surface area (Å²) in [5.41, 5.74) is 3.05. The first kappa shape index (κ1) is 16.5. The summed E-state index contributed by atoms with van der Waals surface area (Å²) >= 11 is 0.663. The van der Waals surface area contributed by atoms with Crippen molar-refractivity contribution in [2.75, 3.05) is 0 Å². The van der Waals surface area contributed by atoms with Crippen molar-refractivity contribution >= 4 is 17.3 Å². The van der Waals surface area contributed by atoms with Gasteiger partial charge in [-0.25, -0.2) is 9.78 Å². The molecule has 0 saturated heterocycles. The topological polar surface area (TPSA) is 65.2 Å². The van der Waals surface area contributed by atoms with Gasteiger partial charge in [-0.15, -0.1) is 11.3 Å². The molecule has 0 spiro atoms. The third-order valence-corrected chi connectivity index (χ3v) is 3.01. The van der Waals surface area contributed by atoms with E-state index >= 15 is 0 Å². The minimum absolute atomic E-state index is 0.132. The van der Waals surface area contributed by atoms with Gasteiger partial charge in [0.25, 0.3) is 0 Å². The Hall–Kier alpha value is -1.57. The maximum absolute atomic E-state index is 12.9. The zero-order chi connectivity index (χ0) is 15.6. The maximum atomic E-state index is 12.9. The van der Waals surface area contributed by atoms with Gasteiger partial charge in [-0.1, -0.05) is 6.08 Å². The Labute approximate surface area is 118 Å². The quantitative estimate of drug-likeness (QED) is 0.871. The number of hydrogen-bond acceptors (Lipinski definition) is 5. The van der Waals surface area contributed by atoms with Gasteiger partial charge in [-0.3, -0.25) is 0 Å². The van der Waals surface area contributed by atoms with Gasteiger partial charge in [0.15, 0.2) is 5.69 Å². The van der Waals surface area contributed by atoms with E-state index in [4.69, 9.17) is 10.5 Å². The Balaban J connectivity index is 3.15. The third-order valence-electron chi connectivity index (χ3n) is 1.95. The largest absolute Gasteiger partial charge is 0.456 e. The monoisotopic (exact) mass is 308 g/mol. The Morgan fingerprint density at radius 1 is 1.40 bits per heavy atom. The van der Waals surface area contributed by atoms with Crippen LogP contribution in [-0.4, -0.2) is 16.6 Å². The van der Waals surface area contributed by atoms with Crippen LogP contribution in [0.15, 0.2) is 12.3 Å². The second-order valence-electron chi connectivity index (χ2n) is 4.92. The molecule has 1 aromatic heterocycles. The number of aromatic nitrogens is 1. The van der Waals surface area contributed by atoms with Crippen molar-refractivity contribution in [3.8, 4) is 0 Å². The van der Waals surface area contributed by atoms with Crippen molar-refractivity contribution in [1.82, 2.24) is 4.98 Å². The highest BCUT2D eigenvalue weighted by molar-refractivity contribution is 7.13. The van der Waals surface area contributed by atoms with Crippen LogP contribution in [0.1, 0.15) is 41.1 Å². The van der Waals surface area contributed by atoms with Crippen LogP contribution in [-0.2, 0) is 17.3 Å². The molecule has 0 aliphatic heterocycles. The number of halogens is 3. The van der Waals surface area contributed by atoms with Gasteiger partial charge in [0.1, 0.15) is 10.5 Å². The molecular weight excluding hydrogens is 293 g/mol. The highest BCUT2D eigenvalue weighted by atomic mass is 32.1. The van der Waals surface area contributed by atoms with Crippen LogP contribution in [0.2, 0.25) is 0 Å². The van der Waals surface area contributed by atoms with Crippen LogP contribution in [0.5, 0.6) is 0 Å². The van der Waals surface area contributed by atoms with E-state index in [0.717, 1.165) is 0 Å². The number of thiazole rings is 1. The van der Waals surface area contributed by atoms with Crippen molar-refractivity contribution in [2.45, 2.75) is 39.0 Å². The molecule has 1 heterocycles. The number of rotatable bonds is 3. The van der Waals surface area contributed by atoms with Crippen LogP contribution >= 0.6 is 11.3 Å². The van der Waals surface area contributed by atoms with Crippen LogP contribution in [0.25, 0.3) is 0 Å². The van der Waals surface area contributed by atoms with Crippen LogP contribution in [0, 0.1) is 0 Å². The fraction of sp³-hybridized carbons (Fsp3) is 0.500. The minimum Gasteiger partial charge on any atom is -0.456 e. The first-order valence-corrected chi connectivity index (χ1v) is 6.53. The summed E-state index contributed by atoms with van der Waals surface area (Å²) in [7, 11) is 0. The molecule has 0 fully saturated rings. The van der Waals surface area contributed by atoms with Gasteiger partial charge >= 0.3 is 12.1 Å². The number of esters is 1. The first-order chi connectivity index (χ1) is 9.04. The van der Waals surface area contributed by atoms with Crippen molar-refractivity contribution in [3.05, 3.63) is 27.9 Å². The lowest BCUT2D eigenvalue weighted by Gasteiger charge is -2.19. The molecule has 1 rings (SSSR count). The molecule has 0 atom stereocenters. The lowest BCUT2D eigenvalue weighted by molar-refractivity contribution is -0.141. The summed E-state index contributed by atoms with van der Waals surface area (Å²) in [6, 6.07) is 0. The maximum Gasteiger partial charge on any atom is 0.435 e. The number of carbonyl (C=O) groups excluding carboxylic acids is 1. The summed E-state index contributed by atoms with van der Waals surface area (Å²) in [5.74, 6) is -1.02. The molecule has 8 heteroatoms. The van der Waals surface area contributed by atoms with Crippen molar-refractivity contribution in [3.63, 3.8) is 0 Å². The number of allylic oxidation sites excluding steroid dienone is 1. The predicted octanol–water partition coefficient (Wildman–Crippen LogP) is 3.13. The van der Waals surface area contributed by atoms with E-state index in [9.17, 15) is 18.0 Å². The first-order valence-electron chi connectivity index (χ1n) is 5.71. The van der Waals surface area contributed by atoms with E-state index in [1.54, 1.807) is 20.8 Å². The van der Waals surface area contributed by atoms with Gasteiger partial charge < -0.3 is 10.5 Å². The second-order valence-corrected chi connectivity index (χ2v) is 6.00. The lowest BCUT2D eigenvalue weighted by atomic mass is 10.2. The molecule has 2 N–H and O–H groups in total. The number of hydrogen-bond donors (Lipinski definition) is 1. The molecule has 20 heavy (non-hydrogen) atoms. The molecule has 0 unspecified atom stereocenters. The smallest absolute Gasteiger partial charge is 0.435 e. The summed E-state index contributed by atoms with van der Waals surface area (Å²) in [4.78, 5) is 14.7. The normalized spacial score (nSPS) is 12.9. The van der Waals surface area contributed by atoms with Gasteiger partial charge in [0.2, 0.25) is 0 Å². The number of nitrogens with two attached hydrogens (primary N) is 1. The third kappa shape index (κ3) is 4.52. The van der Waals surface area contributed by atoms with E-state index in [-0.39, 0.29) is 11.4 Å². The summed E-state index contributed by atoms with van der Waals surface area (Å²) in [6.07, 6.45) is -1.90. The molecule has 4 nitrogen and oxygen atoms in total. The summed E-state index contributed by atoms with van der Waals surface area (Å²) in [6.45, 7) is 4.74. The van der Waals surface area contributed by atoms with E-state index in [0.29, 0.717) is 11.3 Å². The van der Waals surface area contributed by atoms with E-state index in [1.165, 1.54) is 12.3 Å². The fourth-order valence-electron chi connectivity index (χ4n) is 1.28. The molecule has 0 aliphatic carbocycles. The zero-order valence-electron chi connectivity index (χ0n) is 11.2. The molecule has 0 radical (unpaired) electrons. The predicted molar refractivity (Wildman–Crippen MR) is 69.3 cm³/mol. The van der Waals surface area contributed by atoms with Gasteiger partial charge in [-0.2, -0.15) is 13.2 Å². The molecule has 0 aromatic carbocycles. The minimum atomic E-state index is -4.70.